The molecule has 2 heterocycles. The molecule has 192 valence electrons. The molecule has 10 nitrogen and oxygen atoms in total. The maximum absolute atomic E-state index is 12.7. The Kier molecular flexibility index (Phi) is 9.14. The average Bonchev–Trinajstić information content (AvgIpc) is 3.20. The smallest absolute Gasteiger partial charge is 0.414 e. The van der Waals surface area contributed by atoms with E-state index in [0.717, 1.165) is 6.92 Å². The third kappa shape index (κ3) is 7.09. The molecule has 2 aliphatic rings. The van der Waals surface area contributed by atoms with Gasteiger partial charge in [-0.25, -0.2) is 4.79 Å². The summed E-state index contributed by atoms with van der Waals surface area (Å²) in [4.78, 5) is 39.6. The van der Waals surface area contributed by atoms with Crippen LogP contribution in [0.5, 0.6) is 0 Å². The lowest BCUT2D eigenvalue weighted by Gasteiger charge is -2.35. The Labute approximate surface area is 218 Å². The number of carbonyl (C=O) groups is 3. The van der Waals surface area contributed by atoms with E-state index in [-0.39, 0.29) is 23.9 Å². The first-order valence-electron chi connectivity index (χ1n) is 11.1. The van der Waals surface area contributed by atoms with Gasteiger partial charge in [0.2, 0.25) is 0 Å². The van der Waals surface area contributed by atoms with E-state index >= 15 is 0 Å². The number of nitrogens with zero attached hydrogens (tertiary/aromatic N) is 3. The lowest BCUT2D eigenvalue weighted by molar-refractivity contribution is -0.134. The number of halogens is 2. The third-order valence-electron chi connectivity index (χ3n) is 5.65. The Balaban J connectivity index is 0.000000840. The number of piperazine rings is 1. The summed E-state index contributed by atoms with van der Waals surface area (Å²) in [5.41, 5.74) is 7.31. The number of nitrogen functional groups attached to an aromatic ring is 1. The highest BCUT2D eigenvalue weighted by Gasteiger charge is 2.34. The Hall–Kier alpha value is -3.34. The monoisotopic (exact) mass is 535 g/mol. The van der Waals surface area contributed by atoms with E-state index in [1.165, 1.54) is 0 Å². The van der Waals surface area contributed by atoms with Crippen molar-refractivity contribution >= 4 is 52.7 Å². The van der Waals surface area contributed by atoms with Crippen LogP contribution in [0.1, 0.15) is 22.8 Å². The normalized spacial score (nSPS) is 17.8. The molecule has 0 radical (unpaired) electrons. The summed E-state index contributed by atoms with van der Waals surface area (Å²) in [6.07, 6.45) is -0.647. The van der Waals surface area contributed by atoms with Crippen molar-refractivity contribution in [3.05, 3.63) is 63.6 Å². The van der Waals surface area contributed by atoms with Crippen molar-refractivity contribution in [2.75, 3.05) is 44.2 Å². The molecule has 4 N–H and O–H groups in total. The van der Waals surface area contributed by atoms with Gasteiger partial charge in [-0.2, -0.15) is 0 Å². The molecular weight excluding hydrogens is 509 g/mol. The lowest BCUT2D eigenvalue weighted by Crippen LogP contribution is -2.50. The first-order chi connectivity index (χ1) is 17.0. The predicted molar refractivity (Wildman–Crippen MR) is 137 cm³/mol. The van der Waals surface area contributed by atoms with Gasteiger partial charge in [0.05, 0.1) is 16.6 Å². The molecule has 2 aromatic carbocycles. The molecule has 1 unspecified atom stereocenters. The number of carboxylic acid groups (broad SMARTS) is 1. The third-order valence-corrected chi connectivity index (χ3v) is 6.39. The molecule has 2 saturated heterocycles. The number of ether oxygens (including phenoxy) is 1. The van der Waals surface area contributed by atoms with E-state index < -0.39 is 5.97 Å². The first-order valence-corrected chi connectivity index (χ1v) is 11.9. The van der Waals surface area contributed by atoms with Gasteiger partial charge >= 0.3 is 6.09 Å². The van der Waals surface area contributed by atoms with Crippen LogP contribution in [0.15, 0.2) is 42.5 Å². The summed E-state index contributed by atoms with van der Waals surface area (Å²) < 4.78 is 5.55. The zero-order valence-corrected chi connectivity index (χ0v) is 21.1. The van der Waals surface area contributed by atoms with Gasteiger partial charge in [0.25, 0.3) is 11.9 Å². The SMILES string of the molecule is CC(=O)O.N=C(N)c1ccc(N2CC(CN3CCN(C(=O)c4ccc(Cl)c(Cl)c4)CC3)OC2=O)cc1. The number of aliphatic carboxylic acids is 1. The first kappa shape index (κ1) is 27.3. The number of rotatable bonds is 5. The summed E-state index contributed by atoms with van der Waals surface area (Å²) in [6, 6.07) is 11.8. The van der Waals surface area contributed by atoms with Crippen LogP contribution in [0.25, 0.3) is 0 Å². The number of hydrogen-bond acceptors (Lipinski definition) is 6. The van der Waals surface area contributed by atoms with Crippen molar-refractivity contribution in [3.63, 3.8) is 0 Å². The van der Waals surface area contributed by atoms with E-state index in [1.54, 1.807) is 52.3 Å². The van der Waals surface area contributed by atoms with Crippen LogP contribution in [0.2, 0.25) is 10.0 Å². The fraction of sp³-hybridized carbons (Fsp3) is 0.333. The van der Waals surface area contributed by atoms with E-state index in [2.05, 4.69) is 4.90 Å². The number of amidine groups is 1. The van der Waals surface area contributed by atoms with Crippen LogP contribution in [-0.4, -0.2) is 84.1 Å². The fourth-order valence-corrected chi connectivity index (χ4v) is 4.18. The summed E-state index contributed by atoms with van der Waals surface area (Å²) in [7, 11) is 0. The summed E-state index contributed by atoms with van der Waals surface area (Å²) >= 11 is 12.0. The van der Waals surface area contributed by atoms with Crippen LogP contribution < -0.4 is 10.6 Å². The Morgan fingerprint density at radius 2 is 1.64 bits per heavy atom. The minimum Gasteiger partial charge on any atom is -0.481 e. The van der Waals surface area contributed by atoms with E-state index in [1.807, 2.05) is 0 Å². The number of nitrogens with two attached hydrogens (primary N) is 1. The molecule has 12 heteroatoms. The molecule has 0 spiro atoms. The second-order valence-corrected chi connectivity index (χ2v) is 9.13. The molecule has 2 fully saturated rings. The van der Waals surface area contributed by atoms with E-state index in [0.29, 0.717) is 66.1 Å². The standard InChI is InChI=1S/C22H23Cl2N5O3.C2H4O2/c23-18-6-3-15(11-19(18)24)21(30)28-9-7-27(8-10-28)12-17-13-29(22(31)32-17)16-4-1-14(2-5-16)20(25)26;1-2(3)4/h1-6,11,17H,7-10,12-13H2,(H3,25,26);1H3,(H,3,4). The molecule has 0 aliphatic carbocycles. The van der Waals surface area contributed by atoms with Gasteiger partial charge in [0.1, 0.15) is 11.9 Å². The number of anilines is 1. The number of cyclic esters (lactones) is 1. The zero-order valence-electron chi connectivity index (χ0n) is 19.6. The van der Waals surface area contributed by atoms with Crippen molar-refractivity contribution in [2.45, 2.75) is 13.0 Å². The van der Waals surface area contributed by atoms with Gasteiger partial charge in [-0.1, -0.05) is 23.2 Å². The second kappa shape index (κ2) is 12.1. The van der Waals surface area contributed by atoms with Crippen molar-refractivity contribution in [1.29, 1.82) is 5.41 Å². The van der Waals surface area contributed by atoms with Crippen LogP contribution >= 0.6 is 23.2 Å². The van der Waals surface area contributed by atoms with Crippen LogP contribution in [0.3, 0.4) is 0 Å². The van der Waals surface area contributed by atoms with E-state index in [4.69, 9.17) is 49.0 Å². The minimum absolute atomic E-state index is 0.0183. The molecule has 4 rings (SSSR count). The van der Waals surface area contributed by atoms with Gasteiger partial charge in [0.15, 0.2) is 0 Å². The van der Waals surface area contributed by atoms with Crippen molar-refractivity contribution < 1.29 is 24.2 Å². The summed E-state index contributed by atoms with van der Waals surface area (Å²) in [5, 5.41) is 15.7. The van der Waals surface area contributed by atoms with Crippen LogP contribution in [0, 0.1) is 5.41 Å². The summed E-state index contributed by atoms with van der Waals surface area (Å²) in [6.45, 7) is 4.66. The molecule has 0 saturated carbocycles. The highest BCUT2D eigenvalue weighted by atomic mass is 35.5. The lowest BCUT2D eigenvalue weighted by atomic mass is 10.1. The molecule has 2 aromatic rings. The van der Waals surface area contributed by atoms with Gasteiger partial charge < -0.3 is 20.5 Å². The zero-order chi connectivity index (χ0) is 26.4. The number of carboxylic acids is 1. The maximum Gasteiger partial charge on any atom is 0.414 e. The summed E-state index contributed by atoms with van der Waals surface area (Å²) in [5.74, 6) is -0.925. The number of amides is 2. The van der Waals surface area contributed by atoms with Crippen molar-refractivity contribution in [3.8, 4) is 0 Å². The molecule has 0 bridgehead atoms. The molecule has 1 atom stereocenters. The topological polar surface area (TPSA) is 140 Å². The van der Waals surface area contributed by atoms with Crippen molar-refractivity contribution in [2.24, 2.45) is 5.73 Å². The fourth-order valence-electron chi connectivity index (χ4n) is 3.88. The maximum atomic E-state index is 12.7. The minimum atomic E-state index is -0.833. The molecule has 0 aromatic heterocycles. The second-order valence-electron chi connectivity index (χ2n) is 8.32. The van der Waals surface area contributed by atoms with Crippen LogP contribution in [-0.2, 0) is 9.53 Å². The van der Waals surface area contributed by atoms with Gasteiger partial charge in [0, 0.05) is 56.5 Å². The van der Waals surface area contributed by atoms with Gasteiger partial charge in [-0.05, 0) is 42.5 Å². The highest BCUT2D eigenvalue weighted by Crippen LogP contribution is 2.25. The van der Waals surface area contributed by atoms with Crippen LogP contribution in [0.4, 0.5) is 10.5 Å². The molecular formula is C24H27Cl2N5O5. The largest absolute Gasteiger partial charge is 0.481 e. The molecule has 36 heavy (non-hydrogen) atoms. The van der Waals surface area contributed by atoms with Gasteiger partial charge in [-0.3, -0.25) is 24.8 Å². The molecule has 2 aliphatic heterocycles. The number of nitrogens with one attached hydrogen (secondary N) is 1. The number of carbonyl (C=O) groups excluding carboxylic acids is 2. The number of benzene rings is 2. The number of hydrogen-bond donors (Lipinski definition) is 3. The Morgan fingerprint density at radius 1 is 1.06 bits per heavy atom. The Bertz CT molecular complexity index is 1130. The van der Waals surface area contributed by atoms with Gasteiger partial charge in [-0.15, -0.1) is 0 Å². The quantitative estimate of drug-likeness (QED) is 0.394. The van der Waals surface area contributed by atoms with Crippen molar-refractivity contribution in [1.82, 2.24) is 9.80 Å². The molecule has 2 amide bonds. The predicted octanol–water partition coefficient (Wildman–Crippen LogP) is 3.15. The Morgan fingerprint density at radius 3 is 2.19 bits per heavy atom. The average molecular weight is 536 g/mol. The highest BCUT2D eigenvalue weighted by molar-refractivity contribution is 6.42. The van der Waals surface area contributed by atoms with E-state index in [9.17, 15) is 9.59 Å².